The van der Waals surface area contributed by atoms with Crippen LogP contribution in [0.15, 0.2) is 12.5 Å². The zero-order valence-corrected chi connectivity index (χ0v) is 9.07. The second kappa shape index (κ2) is 4.32. The van der Waals surface area contributed by atoms with E-state index in [0.717, 1.165) is 25.1 Å². The minimum atomic E-state index is 0.334. The van der Waals surface area contributed by atoms with E-state index in [9.17, 15) is 0 Å². The molecule has 0 N–H and O–H groups in total. The van der Waals surface area contributed by atoms with Gasteiger partial charge in [0.1, 0.15) is 0 Å². The van der Waals surface area contributed by atoms with E-state index < -0.39 is 0 Å². The van der Waals surface area contributed by atoms with E-state index in [1.807, 2.05) is 12.5 Å². The topological polar surface area (TPSA) is 27.1 Å². The summed E-state index contributed by atoms with van der Waals surface area (Å²) in [5.74, 6) is 0.516. The lowest BCUT2D eigenvalue weighted by Gasteiger charge is -2.13. The van der Waals surface area contributed by atoms with Crippen LogP contribution in [-0.2, 0) is 17.2 Å². The predicted octanol–water partition coefficient (Wildman–Crippen LogP) is 2.19. The Morgan fingerprint density at radius 2 is 2.50 bits per heavy atom. The highest BCUT2D eigenvalue weighted by Crippen LogP contribution is 2.21. The van der Waals surface area contributed by atoms with Crippen molar-refractivity contribution in [2.75, 3.05) is 0 Å². The molecule has 1 aliphatic heterocycles. The Bertz CT molecular complexity index is 300. The van der Waals surface area contributed by atoms with E-state index in [-0.39, 0.29) is 0 Å². The van der Waals surface area contributed by atoms with Gasteiger partial charge in [-0.2, -0.15) is 0 Å². The zero-order chi connectivity index (χ0) is 9.97. The van der Waals surface area contributed by atoms with Gasteiger partial charge >= 0.3 is 0 Å². The number of hydrogen-bond donors (Lipinski definition) is 0. The number of imidazole rings is 1. The summed E-state index contributed by atoms with van der Waals surface area (Å²) in [5, 5.41) is 0. The van der Waals surface area contributed by atoms with Crippen LogP contribution in [0.2, 0.25) is 0 Å². The van der Waals surface area contributed by atoms with Gasteiger partial charge in [-0.15, -0.1) is 11.6 Å². The lowest BCUT2D eigenvalue weighted by molar-refractivity contribution is 0.0454. The average molecular weight is 215 g/mol. The Hall–Kier alpha value is -0.540. The first-order valence-electron chi connectivity index (χ1n) is 5.00. The number of alkyl halides is 1. The standard InChI is InChI=1S/C10H15ClN2O/c1-8-2-3-10(14-8)6-13-7-12-5-9(13)4-11/h5,7-8,10H,2-4,6H2,1H3. The lowest BCUT2D eigenvalue weighted by atomic mass is 10.2. The highest BCUT2D eigenvalue weighted by molar-refractivity contribution is 6.16. The third kappa shape index (κ3) is 2.10. The van der Waals surface area contributed by atoms with Crippen LogP contribution in [0, 0.1) is 0 Å². The van der Waals surface area contributed by atoms with Crippen LogP contribution in [0.4, 0.5) is 0 Å². The smallest absolute Gasteiger partial charge is 0.0949 e. The monoisotopic (exact) mass is 214 g/mol. The normalized spacial score (nSPS) is 27.0. The molecule has 4 heteroatoms. The van der Waals surface area contributed by atoms with Crippen LogP contribution in [0.25, 0.3) is 0 Å². The largest absolute Gasteiger partial charge is 0.373 e. The van der Waals surface area contributed by atoms with E-state index in [1.54, 1.807) is 0 Å². The number of nitrogens with zero attached hydrogens (tertiary/aromatic N) is 2. The van der Waals surface area contributed by atoms with Gasteiger partial charge in [-0.05, 0) is 19.8 Å². The van der Waals surface area contributed by atoms with Crippen molar-refractivity contribution in [1.82, 2.24) is 9.55 Å². The highest BCUT2D eigenvalue weighted by Gasteiger charge is 2.22. The maximum absolute atomic E-state index is 5.79. The molecular weight excluding hydrogens is 200 g/mol. The molecule has 1 fully saturated rings. The maximum Gasteiger partial charge on any atom is 0.0949 e. The van der Waals surface area contributed by atoms with Crippen LogP contribution < -0.4 is 0 Å². The molecule has 2 atom stereocenters. The lowest BCUT2D eigenvalue weighted by Crippen LogP contribution is -2.17. The van der Waals surface area contributed by atoms with Gasteiger partial charge in [0, 0.05) is 6.20 Å². The SMILES string of the molecule is CC1CCC(Cn2cncc2CCl)O1. The van der Waals surface area contributed by atoms with Gasteiger partial charge in [0.05, 0.1) is 36.7 Å². The first-order valence-corrected chi connectivity index (χ1v) is 5.53. The molecular formula is C10H15ClN2O. The van der Waals surface area contributed by atoms with Gasteiger partial charge in [0.25, 0.3) is 0 Å². The van der Waals surface area contributed by atoms with Crippen molar-refractivity contribution in [3.63, 3.8) is 0 Å². The summed E-state index contributed by atoms with van der Waals surface area (Å²) in [5.41, 5.74) is 1.06. The molecule has 1 aromatic heterocycles. The Morgan fingerprint density at radius 1 is 1.64 bits per heavy atom. The molecule has 0 aromatic carbocycles. The van der Waals surface area contributed by atoms with Crippen molar-refractivity contribution in [2.24, 2.45) is 0 Å². The molecule has 0 radical (unpaired) electrons. The van der Waals surface area contributed by atoms with E-state index in [0.29, 0.717) is 18.1 Å². The number of rotatable bonds is 3. The van der Waals surface area contributed by atoms with Crippen LogP contribution in [0.3, 0.4) is 0 Å². The van der Waals surface area contributed by atoms with Crippen LogP contribution in [0.5, 0.6) is 0 Å². The van der Waals surface area contributed by atoms with Crippen LogP contribution >= 0.6 is 11.6 Å². The summed E-state index contributed by atoms with van der Waals surface area (Å²) in [7, 11) is 0. The summed E-state index contributed by atoms with van der Waals surface area (Å²) in [6, 6.07) is 0. The molecule has 1 saturated heterocycles. The van der Waals surface area contributed by atoms with Crippen molar-refractivity contribution < 1.29 is 4.74 Å². The fourth-order valence-electron chi connectivity index (χ4n) is 1.86. The second-order valence-electron chi connectivity index (χ2n) is 3.82. The van der Waals surface area contributed by atoms with Crippen molar-refractivity contribution >= 4 is 11.6 Å². The Balaban J connectivity index is 1.97. The Morgan fingerprint density at radius 3 is 3.14 bits per heavy atom. The number of ether oxygens (including phenoxy) is 1. The summed E-state index contributed by atoms with van der Waals surface area (Å²) in [6.07, 6.45) is 6.68. The van der Waals surface area contributed by atoms with Gasteiger partial charge in [-0.1, -0.05) is 0 Å². The van der Waals surface area contributed by atoms with Gasteiger partial charge in [-0.25, -0.2) is 4.98 Å². The predicted molar refractivity (Wildman–Crippen MR) is 55.4 cm³/mol. The van der Waals surface area contributed by atoms with Crippen LogP contribution in [0.1, 0.15) is 25.5 Å². The van der Waals surface area contributed by atoms with Crippen LogP contribution in [-0.4, -0.2) is 21.8 Å². The van der Waals surface area contributed by atoms with E-state index in [2.05, 4.69) is 16.5 Å². The summed E-state index contributed by atoms with van der Waals surface area (Å²) in [4.78, 5) is 4.08. The maximum atomic E-state index is 5.79. The van der Waals surface area contributed by atoms with Crippen molar-refractivity contribution in [2.45, 2.75) is 44.4 Å². The van der Waals surface area contributed by atoms with E-state index in [1.165, 1.54) is 0 Å². The van der Waals surface area contributed by atoms with Crippen molar-refractivity contribution in [1.29, 1.82) is 0 Å². The molecule has 0 aliphatic carbocycles. The van der Waals surface area contributed by atoms with Gasteiger partial charge in [0.2, 0.25) is 0 Å². The van der Waals surface area contributed by atoms with Gasteiger partial charge in [-0.3, -0.25) is 0 Å². The Kier molecular flexibility index (Phi) is 3.08. The molecule has 78 valence electrons. The van der Waals surface area contributed by atoms with Gasteiger partial charge < -0.3 is 9.30 Å². The molecule has 0 bridgehead atoms. The molecule has 1 aliphatic rings. The number of aromatic nitrogens is 2. The molecule has 0 spiro atoms. The molecule has 2 rings (SSSR count). The summed E-state index contributed by atoms with van der Waals surface area (Å²) in [6.45, 7) is 3.00. The number of halogens is 1. The fraction of sp³-hybridized carbons (Fsp3) is 0.700. The first-order chi connectivity index (χ1) is 6.79. The fourth-order valence-corrected chi connectivity index (χ4v) is 2.09. The van der Waals surface area contributed by atoms with Crippen molar-refractivity contribution in [3.05, 3.63) is 18.2 Å². The number of hydrogen-bond acceptors (Lipinski definition) is 2. The minimum Gasteiger partial charge on any atom is -0.373 e. The van der Waals surface area contributed by atoms with E-state index in [4.69, 9.17) is 16.3 Å². The molecule has 2 heterocycles. The molecule has 2 unspecified atom stereocenters. The van der Waals surface area contributed by atoms with Crippen molar-refractivity contribution in [3.8, 4) is 0 Å². The van der Waals surface area contributed by atoms with E-state index >= 15 is 0 Å². The van der Waals surface area contributed by atoms with Gasteiger partial charge in [0.15, 0.2) is 0 Å². The third-order valence-electron chi connectivity index (χ3n) is 2.66. The molecule has 14 heavy (non-hydrogen) atoms. The molecule has 1 aromatic rings. The molecule has 0 saturated carbocycles. The quantitative estimate of drug-likeness (QED) is 0.722. The molecule has 0 amide bonds. The zero-order valence-electron chi connectivity index (χ0n) is 8.32. The Labute approximate surface area is 89.0 Å². The summed E-state index contributed by atoms with van der Waals surface area (Å²) >= 11 is 5.79. The second-order valence-corrected chi connectivity index (χ2v) is 4.08. The minimum absolute atomic E-state index is 0.334. The highest BCUT2D eigenvalue weighted by atomic mass is 35.5. The average Bonchev–Trinajstić information content (AvgIpc) is 2.76. The third-order valence-corrected chi connectivity index (χ3v) is 2.93. The summed E-state index contributed by atoms with van der Waals surface area (Å²) < 4.78 is 7.82. The molecule has 3 nitrogen and oxygen atoms in total. The first kappa shape index (κ1) is 9.99.